The van der Waals surface area contributed by atoms with Crippen molar-refractivity contribution >= 4 is 11.0 Å². The number of aliphatic hydroxyl groups is 1. The summed E-state index contributed by atoms with van der Waals surface area (Å²) in [6.45, 7) is 6.45. The zero-order valence-corrected chi connectivity index (χ0v) is 15.8. The SMILES string of the molecule is CNC[C@H](O)[C@H](c1ccccc1)n1c(=O)n(C(C)(C)C)c2ccccc21. The van der Waals surface area contributed by atoms with Crippen LogP contribution in [0.4, 0.5) is 0 Å². The van der Waals surface area contributed by atoms with Crippen molar-refractivity contribution in [2.24, 2.45) is 0 Å². The molecule has 0 aliphatic rings. The number of fused-ring (bicyclic) bond motifs is 1. The lowest BCUT2D eigenvalue weighted by Gasteiger charge is -2.25. The Kier molecular flexibility index (Phi) is 5.03. The maximum absolute atomic E-state index is 13.5. The molecule has 0 fully saturated rings. The number of hydrogen-bond donors (Lipinski definition) is 2. The highest BCUT2D eigenvalue weighted by atomic mass is 16.3. The van der Waals surface area contributed by atoms with Gasteiger partial charge in [0, 0.05) is 12.1 Å². The third-order valence-electron chi connectivity index (χ3n) is 4.65. The number of para-hydroxylation sites is 2. The van der Waals surface area contributed by atoms with Crippen molar-refractivity contribution in [3.8, 4) is 0 Å². The summed E-state index contributed by atoms with van der Waals surface area (Å²) in [5.74, 6) is 0. The number of imidazole rings is 1. The first-order chi connectivity index (χ1) is 12.4. The van der Waals surface area contributed by atoms with Gasteiger partial charge < -0.3 is 10.4 Å². The molecule has 0 amide bonds. The van der Waals surface area contributed by atoms with E-state index < -0.39 is 12.1 Å². The molecule has 0 aliphatic carbocycles. The molecule has 0 saturated heterocycles. The van der Waals surface area contributed by atoms with Gasteiger partial charge in [0.2, 0.25) is 0 Å². The average molecular weight is 353 g/mol. The fourth-order valence-electron chi connectivity index (χ4n) is 3.60. The normalized spacial score (nSPS) is 14.5. The monoisotopic (exact) mass is 353 g/mol. The lowest BCUT2D eigenvalue weighted by Crippen LogP contribution is -2.41. The van der Waals surface area contributed by atoms with Crippen LogP contribution in [0, 0.1) is 0 Å². The van der Waals surface area contributed by atoms with Gasteiger partial charge in [-0.3, -0.25) is 9.13 Å². The van der Waals surface area contributed by atoms with Gasteiger partial charge in [-0.15, -0.1) is 0 Å². The summed E-state index contributed by atoms with van der Waals surface area (Å²) in [5, 5.41) is 13.9. The molecular formula is C21H27N3O2. The van der Waals surface area contributed by atoms with Crippen LogP contribution in [0.15, 0.2) is 59.4 Å². The zero-order chi connectivity index (χ0) is 18.9. The van der Waals surface area contributed by atoms with Crippen LogP contribution in [0.25, 0.3) is 11.0 Å². The third kappa shape index (κ3) is 3.20. The van der Waals surface area contributed by atoms with Crippen LogP contribution in [-0.2, 0) is 5.54 Å². The molecule has 0 radical (unpaired) electrons. The molecule has 1 heterocycles. The van der Waals surface area contributed by atoms with Crippen LogP contribution in [0.5, 0.6) is 0 Å². The molecule has 2 atom stereocenters. The summed E-state index contributed by atoms with van der Waals surface area (Å²) in [4.78, 5) is 13.5. The predicted octanol–water partition coefficient (Wildman–Crippen LogP) is 2.73. The van der Waals surface area contributed by atoms with Crippen LogP contribution in [0.2, 0.25) is 0 Å². The number of nitrogens with one attached hydrogen (secondary N) is 1. The second-order valence-electron chi connectivity index (χ2n) is 7.63. The van der Waals surface area contributed by atoms with Crippen molar-refractivity contribution in [2.75, 3.05) is 13.6 Å². The van der Waals surface area contributed by atoms with Crippen molar-refractivity contribution < 1.29 is 5.11 Å². The second-order valence-corrected chi connectivity index (χ2v) is 7.63. The Bertz CT molecular complexity index is 935. The first-order valence-corrected chi connectivity index (χ1v) is 8.96. The molecule has 3 aromatic rings. The molecular weight excluding hydrogens is 326 g/mol. The topological polar surface area (TPSA) is 59.2 Å². The maximum atomic E-state index is 13.5. The molecule has 2 aromatic carbocycles. The molecule has 0 bridgehead atoms. The molecule has 138 valence electrons. The quantitative estimate of drug-likeness (QED) is 0.741. The van der Waals surface area contributed by atoms with E-state index in [0.717, 1.165) is 16.6 Å². The Morgan fingerprint density at radius 1 is 1.00 bits per heavy atom. The van der Waals surface area contributed by atoms with E-state index in [9.17, 15) is 9.90 Å². The van der Waals surface area contributed by atoms with Gasteiger partial charge in [0.15, 0.2) is 0 Å². The van der Waals surface area contributed by atoms with Crippen molar-refractivity contribution in [1.29, 1.82) is 0 Å². The van der Waals surface area contributed by atoms with Crippen molar-refractivity contribution in [3.05, 3.63) is 70.6 Å². The van der Waals surface area contributed by atoms with Gasteiger partial charge in [-0.05, 0) is 45.5 Å². The molecule has 3 rings (SSSR count). The molecule has 0 unspecified atom stereocenters. The zero-order valence-electron chi connectivity index (χ0n) is 15.8. The number of hydrogen-bond acceptors (Lipinski definition) is 3. The molecule has 0 aliphatic heterocycles. The Labute approximate surface area is 153 Å². The van der Waals surface area contributed by atoms with E-state index in [1.165, 1.54) is 0 Å². The van der Waals surface area contributed by atoms with Crippen LogP contribution in [-0.4, -0.2) is 33.9 Å². The van der Waals surface area contributed by atoms with Gasteiger partial charge in [0.25, 0.3) is 0 Å². The van der Waals surface area contributed by atoms with Gasteiger partial charge >= 0.3 is 5.69 Å². The summed E-state index contributed by atoms with van der Waals surface area (Å²) < 4.78 is 3.54. The smallest absolute Gasteiger partial charge is 0.330 e. The highest BCUT2D eigenvalue weighted by Crippen LogP contribution is 2.28. The van der Waals surface area contributed by atoms with E-state index >= 15 is 0 Å². The van der Waals surface area contributed by atoms with Gasteiger partial charge in [-0.2, -0.15) is 0 Å². The summed E-state index contributed by atoms with van der Waals surface area (Å²) >= 11 is 0. The molecule has 1 aromatic heterocycles. The van der Waals surface area contributed by atoms with Crippen molar-refractivity contribution in [2.45, 2.75) is 38.5 Å². The molecule has 0 saturated carbocycles. The van der Waals surface area contributed by atoms with E-state index in [4.69, 9.17) is 0 Å². The fourth-order valence-corrected chi connectivity index (χ4v) is 3.60. The summed E-state index contributed by atoms with van der Waals surface area (Å²) in [6.07, 6.45) is -0.737. The average Bonchev–Trinajstić information content (AvgIpc) is 2.89. The largest absolute Gasteiger partial charge is 0.389 e. The van der Waals surface area contributed by atoms with E-state index in [2.05, 4.69) is 5.32 Å². The minimum absolute atomic E-state index is 0.109. The van der Waals surface area contributed by atoms with Gasteiger partial charge in [-0.1, -0.05) is 42.5 Å². The summed E-state index contributed by atoms with van der Waals surface area (Å²) in [5.41, 5.74) is 2.15. The minimum atomic E-state index is -0.737. The number of rotatable bonds is 5. The molecule has 26 heavy (non-hydrogen) atoms. The lowest BCUT2D eigenvalue weighted by atomic mass is 10.0. The number of likely N-dealkylation sites (N-methyl/N-ethyl adjacent to an activating group) is 1. The van der Waals surface area contributed by atoms with Crippen LogP contribution in [0.1, 0.15) is 32.4 Å². The van der Waals surface area contributed by atoms with E-state index in [1.807, 2.05) is 79.9 Å². The third-order valence-corrected chi connectivity index (χ3v) is 4.65. The van der Waals surface area contributed by atoms with Crippen LogP contribution in [0.3, 0.4) is 0 Å². The number of nitrogens with zero attached hydrogens (tertiary/aromatic N) is 2. The van der Waals surface area contributed by atoms with E-state index in [0.29, 0.717) is 6.54 Å². The van der Waals surface area contributed by atoms with Crippen molar-refractivity contribution in [3.63, 3.8) is 0 Å². The van der Waals surface area contributed by atoms with Crippen LogP contribution < -0.4 is 11.0 Å². The Morgan fingerprint density at radius 3 is 2.15 bits per heavy atom. The highest BCUT2D eigenvalue weighted by molar-refractivity contribution is 5.76. The Balaban J connectivity index is 2.33. The number of aliphatic hydroxyl groups excluding tert-OH is 1. The van der Waals surface area contributed by atoms with E-state index in [1.54, 1.807) is 11.6 Å². The molecule has 0 spiro atoms. The van der Waals surface area contributed by atoms with Gasteiger partial charge in [0.05, 0.1) is 23.2 Å². The Morgan fingerprint density at radius 2 is 1.58 bits per heavy atom. The maximum Gasteiger partial charge on any atom is 0.330 e. The van der Waals surface area contributed by atoms with Gasteiger partial charge in [0.1, 0.15) is 0 Å². The number of aromatic nitrogens is 2. The number of benzene rings is 2. The minimum Gasteiger partial charge on any atom is -0.389 e. The predicted molar refractivity (Wildman–Crippen MR) is 106 cm³/mol. The van der Waals surface area contributed by atoms with Gasteiger partial charge in [-0.25, -0.2) is 4.79 Å². The molecule has 2 N–H and O–H groups in total. The first kappa shape index (κ1) is 18.4. The highest BCUT2D eigenvalue weighted by Gasteiger charge is 2.30. The van der Waals surface area contributed by atoms with E-state index in [-0.39, 0.29) is 11.2 Å². The first-order valence-electron chi connectivity index (χ1n) is 8.96. The van der Waals surface area contributed by atoms with Crippen LogP contribution >= 0.6 is 0 Å². The second kappa shape index (κ2) is 7.09. The lowest BCUT2D eigenvalue weighted by molar-refractivity contribution is 0.129. The fraction of sp³-hybridized carbons (Fsp3) is 0.381. The molecule has 5 nitrogen and oxygen atoms in total. The summed E-state index contributed by atoms with van der Waals surface area (Å²) in [7, 11) is 1.80. The molecule has 5 heteroatoms. The van der Waals surface area contributed by atoms with Crippen molar-refractivity contribution in [1.82, 2.24) is 14.5 Å². The summed E-state index contributed by atoms with van der Waals surface area (Å²) in [6, 6.07) is 17.0. The Hall–Kier alpha value is -2.37. The standard InChI is InChI=1S/C21H27N3O2/c1-21(2,3)24-17-13-9-8-12-16(17)23(20(24)26)19(18(25)14-22-4)15-10-6-5-7-11-15/h5-13,18-19,22,25H,14H2,1-4H3/t18-,19-/m0/s1.